The number of hydrogen-bond acceptors (Lipinski definition) is 3. The van der Waals surface area contributed by atoms with Crippen molar-refractivity contribution in [3.05, 3.63) is 41.1 Å². The van der Waals surface area contributed by atoms with E-state index in [4.69, 9.17) is 9.97 Å². The van der Waals surface area contributed by atoms with Gasteiger partial charge in [-0.3, -0.25) is 0 Å². The SMILES string of the molecule is CCCNc1nc(-c2ccccc2CC)nc(C)c1CC. The molecule has 0 atom stereocenters. The predicted molar refractivity (Wildman–Crippen MR) is 89.7 cm³/mol. The molecule has 1 N–H and O–H groups in total. The van der Waals surface area contributed by atoms with Gasteiger partial charge in [-0.25, -0.2) is 9.97 Å². The second kappa shape index (κ2) is 7.21. The summed E-state index contributed by atoms with van der Waals surface area (Å²) in [5, 5.41) is 3.45. The maximum Gasteiger partial charge on any atom is 0.162 e. The molecule has 1 aromatic heterocycles. The topological polar surface area (TPSA) is 37.8 Å². The van der Waals surface area contributed by atoms with E-state index in [1.165, 1.54) is 11.1 Å². The Morgan fingerprint density at radius 2 is 1.76 bits per heavy atom. The average molecular weight is 283 g/mol. The van der Waals surface area contributed by atoms with Crippen LogP contribution in [0.3, 0.4) is 0 Å². The fourth-order valence-corrected chi connectivity index (χ4v) is 2.58. The highest BCUT2D eigenvalue weighted by Crippen LogP contribution is 2.25. The number of anilines is 1. The molecule has 0 saturated carbocycles. The van der Waals surface area contributed by atoms with E-state index in [-0.39, 0.29) is 0 Å². The normalized spacial score (nSPS) is 10.7. The Morgan fingerprint density at radius 3 is 2.43 bits per heavy atom. The fourth-order valence-electron chi connectivity index (χ4n) is 2.58. The highest BCUT2D eigenvalue weighted by atomic mass is 15.0. The van der Waals surface area contributed by atoms with Crippen LogP contribution in [0.5, 0.6) is 0 Å². The smallest absolute Gasteiger partial charge is 0.162 e. The summed E-state index contributed by atoms with van der Waals surface area (Å²) < 4.78 is 0. The van der Waals surface area contributed by atoms with Crippen LogP contribution in [0.25, 0.3) is 11.4 Å². The van der Waals surface area contributed by atoms with Crippen molar-refractivity contribution in [2.75, 3.05) is 11.9 Å². The Labute approximate surface area is 127 Å². The van der Waals surface area contributed by atoms with Gasteiger partial charge in [0.15, 0.2) is 5.82 Å². The van der Waals surface area contributed by atoms with Crippen LogP contribution >= 0.6 is 0 Å². The van der Waals surface area contributed by atoms with Crippen molar-refractivity contribution < 1.29 is 0 Å². The van der Waals surface area contributed by atoms with E-state index < -0.39 is 0 Å². The van der Waals surface area contributed by atoms with Gasteiger partial charge in [0, 0.05) is 23.4 Å². The minimum absolute atomic E-state index is 0.834. The van der Waals surface area contributed by atoms with Crippen LogP contribution in [0.4, 0.5) is 5.82 Å². The van der Waals surface area contributed by atoms with E-state index >= 15 is 0 Å². The monoisotopic (exact) mass is 283 g/mol. The van der Waals surface area contributed by atoms with Crippen molar-refractivity contribution in [3.8, 4) is 11.4 Å². The third-order valence-corrected chi connectivity index (χ3v) is 3.75. The van der Waals surface area contributed by atoms with Crippen LogP contribution in [-0.2, 0) is 12.8 Å². The third-order valence-electron chi connectivity index (χ3n) is 3.75. The zero-order valence-electron chi connectivity index (χ0n) is 13.5. The molecule has 1 heterocycles. The molecule has 0 amide bonds. The van der Waals surface area contributed by atoms with Crippen LogP contribution in [0.1, 0.15) is 44.0 Å². The second-order valence-corrected chi connectivity index (χ2v) is 5.25. The van der Waals surface area contributed by atoms with Gasteiger partial charge in [0.05, 0.1) is 0 Å². The first-order valence-electron chi connectivity index (χ1n) is 7.90. The minimum atomic E-state index is 0.834. The van der Waals surface area contributed by atoms with E-state index in [9.17, 15) is 0 Å². The maximum absolute atomic E-state index is 4.80. The molecule has 3 nitrogen and oxygen atoms in total. The van der Waals surface area contributed by atoms with Crippen molar-refractivity contribution in [2.24, 2.45) is 0 Å². The maximum atomic E-state index is 4.80. The Kier molecular flexibility index (Phi) is 5.32. The number of hydrogen-bond donors (Lipinski definition) is 1. The van der Waals surface area contributed by atoms with E-state index in [0.29, 0.717) is 0 Å². The molecule has 0 bridgehead atoms. The first-order valence-corrected chi connectivity index (χ1v) is 7.90. The molecule has 1 aromatic carbocycles. The van der Waals surface area contributed by atoms with Crippen LogP contribution in [0, 0.1) is 6.92 Å². The van der Waals surface area contributed by atoms with Gasteiger partial charge in [-0.05, 0) is 31.7 Å². The first-order chi connectivity index (χ1) is 10.2. The van der Waals surface area contributed by atoms with Gasteiger partial charge in [-0.1, -0.05) is 45.0 Å². The molecule has 112 valence electrons. The molecule has 0 spiro atoms. The number of nitrogens with one attached hydrogen (secondary N) is 1. The lowest BCUT2D eigenvalue weighted by Gasteiger charge is -2.14. The van der Waals surface area contributed by atoms with Gasteiger partial charge in [0.2, 0.25) is 0 Å². The summed E-state index contributed by atoms with van der Waals surface area (Å²) in [5.74, 6) is 1.83. The highest BCUT2D eigenvalue weighted by molar-refractivity contribution is 5.63. The summed E-state index contributed by atoms with van der Waals surface area (Å²) in [4.78, 5) is 9.54. The Morgan fingerprint density at radius 1 is 1.00 bits per heavy atom. The van der Waals surface area contributed by atoms with Crippen molar-refractivity contribution in [1.29, 1.82) is 0 Å². The number of rotatable bonds is 6. The summed E-state index contributed by atoms with van der Waals surface area (Å²) >= 11 is 0. The fraction of sp³-hybridized carbons (Fsp3) is 0.444. The minimum Gasteiger partial charge on any atom is -0.370 e. The lowest BCUT2D eigenvalue weighted by Crippen LogP contribution is -2.09. The quantitative estimate of drug-likeness (QED) is 0.854. The van der Waals surface area contributed by atoms with E-state index in [2.05, 4.69) is 57.3 Å². The zero-order valence-corrected chi connectivity index (χ0v) is 13.5. The van der Waals surface area contributed by atoms with Crippen molar-refractivity contribution in [2.45, 2.75) is 47.0 Å². The second-order valence-electron chi connectivity index (χ2n) is 5.25. The molecule has 3 heteroatoms. The molecule has 0 aliphatic carbocycles. The predicted octanol–water partition coefficient (Wildman–Crippen LogP) is 4.40. The Bertz CT molecular complexity index is 605. The molecule has 0 fully saturated rings. The zero-order chi connectivity index (χ0) is 15.2. The average Bonchev–Trinajstić information content (AvgIpc) is 2.52. The summed E-state index contributed by atoms with van der Waals surface area (Å²) in [5.41, 5.74) is 4.74. The number of aryl methyl sites for hydroxylation is 2. The Hall–Kier alpha value is -1.90. The van der Waals surface area contributed by atoms with Crippen LogP contribution in [0.2, 0.25) is 0 Å². The number of benzene rings is 1. The lowest BCUT2D eigenvalue weighted by molar-refractivity contribution is 0.937. The summed E-state index contributed by atoms with van der Waals surface area (Å²) in [7, 11) is 0. The van der Waals surface area contributed by atoms with Gasteiger partial charge in [0.25, 0.3) is 0 Å². The first kappa shape index (κ1) is 15.5. The molecule has 21 heavy (non-hydrogen) atoms. The van der Waals surface area contributed by atoms with E-state index in [1.54, 1.807) is 0 Å². The van der Waals surface area contributed by atoms with Gasteiger partial charge in [-0.2, -0.15) is 0 Å². The van der Waals surface area contributed by atoms with Crippen molar-refractivity contribution in [3.63, 3.8) is 0 Å². The molecule has 0 unspecified atom stereocenters. The summed E-state index contributed by atoms with van der Waals surface area (Å²) in [6.45, 7) is 9.51. The van der Waals surface area contributed by atoms with Gasteiger partial charge >= 0.3 is 0 Å². The van der Waals surface area contributed by atoms with E-state index in [1.807, 2.05) is 0 Å². The van der Waals surface area contributed by atoms with Crippen molar-refractivity contribution in [1.82, 2.24) is 9.97 Å². The summed E-state index contributed by atoms with van der Waals surface area (Å²) in [6.07, 6.45) is 3.03. The standard InChI is InChI=1S/C18H25N3/c1-5-12-19-17-15(7-3)13(4)20-18(21-17)16-11-9-8-10-14(16)6-2/h8-11H,5-7,12H2,1-4H3,(H,19,20,21). The third kappa shape index (κ3) is 3.41. The van der Waals surface area contributed by atoms with Crippen LogP contribution < -0.4 is 5.32 Å². The molecule has 2 aromatic rings. The Balaban J connectivity index is 2.52. The van der Waals surface area contributed by atoms with Crippen LogP contribution in [0.15, 0.2) is 24.3 Å². The largest absolute Gasteiger partial charge is 0.370 e. The van der Waals surface area contributed by atoms with Gasteiger partial charge in [0.1, 0.15) is 5.82 Å². The molecule has 2 rings (SSSR count). The molecular formula is C18H25N3. The van der Waals surface area contributed by atoms with Crippen molar-refractivity contribution >= 4 is 5.82 Å². The van der Waals surface area contributed by atoms with Gasteiger partial charge in [-0.15, -0.1) is 0 Å². The molecule has 0 aliphatic rings. The number of aromatic nitrogens is 2. The molecule has 0 aliphatic heterocycles. The molecular weight excluding hydrogens is 258 g/mol. The number of nitrogens with zero attached hydrogens (tertiary/aromatic N) is 2. The summed E-state index contributed by atoms with van der Waals surface area (Å²) in [6, 6.07) is 8.40. The molecule has 0 saturated heterocycles. The molecule has 0 radical (unpaired) electrons. The lowest BCUT2D eigenvalue weighted by atomic mass is 10.0. The highest BCUT2D eigenvalue weighted by Gasteiger charge is 2.13. The van der Waals surface area contributed by atoms with Crippen LogP contribution in [-0.4, -0.2) is 16.5 Å². The van der Waals surface area contributed by atoms with E-state index in [0.717, 1.165) is 48.7 Å². The van der Waals surface area contributed by atoms with Gasteiger partial charge < -0.3 is 5.32 Å².